The number of hydrogen-bond acceptors (Lipinski definition) is 7. The van der Waals surface area contributed by atoms with Gasteiger partial charge >= 0.3 is 15.6 Å². The van der Waals surface area contributed by atoms with Gasteiger partial charge in [0, 0.05) is 0 Å². The Kier molecular flexibility index (Phi) is 5.70. The molecule has 10 nitrogen and oxygen atoms in total. The fourth-order valence-corrected chi connectivity index (χ4v) is 4.05. The summed E-state index contributed by atoms with van der Waals surface area (Å²) in [6.45, 7) is -0.842. The summed E-state index contributed by atoms with van der Waals surface area (Å²) in [6, 6.07) is 4.71. The molecule has 0 aromatic heterocycles. The molecular formula is C8H12O10P2S. The predicted octanol–water partition coefficient (Wildman–Crippen LogP) is 0.392. The summed E-state index contributed by atoms with van der Waals surface area (Å²) < 4.78 is 52.7. The van der Waals surface area contributed by atoms with E-state index >= 15 is 0 Å². The highest BCUT2D eigenvalue weighted by atomic mass is 32.2. The first-order chi connectivity index (χ1) is 9.41. The largest absolute Gasteiger partial charge is 0.508 e. The smallest absolute Gasteiger partial charge is 0.481 e. The highest BCUT2D eigenvalue weighted by Crippen LogP contribution is 2.57. The summed E-state index contributed by atoms with van der Waals surface area (Å²) in [4.78, 5) is 25.4. The van der Waals surface area contributed by atoms with Crippen molar-refractivity contribution in [3.8, 4) is 5.75 Å². The highest BCUT2D eigenvalue weighted by molar-refractivity contribution is 7.91. The second-order valence-corrected chi connectivity index (χ2v) is 8.63. The molecule has 1 rings (SSSR count). The van der Waals surface area contributed by atoms with Crippen molar-refractivity contribution in [2.45, 2.75) is 4.90 Å². The molecule has 0 bridgehead atoms. The normalized spacial score (nSPS) is 15.6. The lowest BCUT2D eigenvalue weighted by Crippen LogP contribution is -2.12. The molecule has 0 saturated heterocycles. The van der Waals surface area contributed by atoms with Gasteiger partial charge in [-0.05, 0) is 18.2 Å². The summed E-state index contributed by atoms with van der Waals surface area (Å²) in [6.07, 6.45) is 0. The third-order valence-corrected chi connectivity index (χ3v) is 5.85. The average molecular weight is 362 g/mol. The molecule has 0 aliphatic rings. The maximum Gasteiger partial charge on any atom is 0.481 e. The van der Waals surface area contributed by atoms with Crippen LogP contribution in [0.5, 0.6) is 5.75 Å². The lowest BCUT2D eigenvalue weighted by molar-refractivity contribution is 0.185. The van der Waals surface area contributed by atoms with Crippen LogP contribution < -0.4 is 0 Å². The molecule has 13 heteroatoms. The zero-order chi connectivity index (χ0) is 16.3. The van der Waals surface area contributed by atoms with E-state index in [0.717, 1.165) is 6.07 Å². The van der Waals surface area contributed by atoms with Crippen LogP contribution in [-0.4, -0.2) is 40.6 Å². The molecule has 1 atom stereocenters. The van der Waals surface area contributed by atoms with Crippen LogP contribution in [-0.2, 0) is 27.8 Å². The first kappa shape index (κ1) is 18.3. The van der Waals surface area contributed by atoms with Gasteiger partial charge in [0.15, 0.2) is 9.84 Å². The third kappa shape index (κ3) is 6.68. The zero-order valence-corrected chi connectivity index (χ0v) is 12.9. The fraction of sp³-hybridized carbons (Fsp3) is 0.250. The molecule has 1 aromatic carbocycles. The zero-order valence-electron chi connectivity index (χ0n) is 10.3. The number of phenolic OH excluding ortho intramolecular Hbond substituents is 1. The molecule has 0 amide bonds. The maximum atomic E-state index is 11.8. The van der Waals surface area contributed by atoms with Crippen molar-refractivity contribution in [1.82, 2.24) is 0 Å². The number of sulfone groups is 1. The number of rotatable bonds is 7. The highest BCUT2D eigenvalue weighted by Gasteiger charge is 2.32. The Labute approximate surface area is 119 Å². The van der Waals surface area contributed by atoms with Gasteiger partial charge in [-0.3, -0.25) is 4.52 Å². The van der Waals surface area contributed by atoms with Crippen molar-refractivity contribution < 1.29 is 46.2 Å². The van der Waals surface area contributed by atoms with E-state index < -0.39 is 37.8 Å². The molecule has 0 spiro atoms. The lowest BCUT2D eigenvalue weighted by atomic mass is 10.3. The van der Waals surface area contributed by atoms with Gasteiger partial charge in [-0.1, -0.05) is 6.07 Å². The SMILES string of the molecule is O=P(O)(O)OP(=O)(O)OCCS(=O)(=O)c1cccc(O)c1. The van der Waals surface area contributed by atoms with E-state index in [4.69, 9.17) is 14.7 Å². The Morgan fingerprint density at radius 3 is 2.29 bits per heavy atom. The minimum Gasteiger partial charge on any atom is -0.508 e. The van der Waals surface area contributed by atoms with E-state index in [9.17, 15) is 22.7 Å². The Morgan fingerprint density at radius 2 is 1.76 bits per heavy atom. The van der Waals surface area contributed by atoms with Gasteiger partial charge in [-0.25, -0.2) is 17.5 Å². The standard InChI is InChI=1S/C8H12O10P2S/c9-7-2-1-3-8(6-7)21(15,16)5-4-17-20(13,14)18-19(10,11)12/h1-3,6,9H,4-5H2,(H,13,14)(H2,10,11,12). The third-order valence-electron chi connectivity index (χ3n) is 1.99. The summed E-state index contributed by atoms with van der Waals surface area (Å²) in [7, 11) is -14.2. The Balaban J connectivity index is 2.67. The summed E-state index contributed by atoms with van der Waals surface area (Å²) in [5.74, 6) is -1.04. The summed E-state index contributed by atoms with van der Waals surface area (Å²) in [5, 5.41) is 9.17. The molecule has 0 saturated carbocycles. The van der Waals surface area contributed by atoms with Crippen molar-refractivity contribution in [2.24, 2.45) is 0 Å². The van der Waals surface area contributed by atoms with E-state index in [1.807, 2.05) is 0 Å². The molecule has 0 fully saturated rings. The van der Waals surface area contributed by atoms with Crippen LogP contribution in [0.3, 0.4) is 0 Å². The van der Waals surface area contributed by atoms with E-state index in [-0.39, 0.29) is 10.6 Å². The number of phosphoric ester groups is 1. The molecule has 0 heterocycles. The Bertz CT molecular complexity index is 693. The van der Waals surface area contributed by atoms with Gasteiger partial charge in [0.05, 0.1) is 17.3 Å². The molecule has 21 heavy (non-hydrogen) atoms. The number of hydrogen-bond donors (Lipinski definition) is 4. The minimum atomic E-state index is -5.25. The van der Waals surface area contributed by atoms with Gasteiger partial charge < -0.3 is 19.8 Å². The molecular weight excluding hydrogens is 350 g/mol. The number of phosphoric acid groups is 2. The summed E-state index contributed by atoms with van der Waals surface area (Å²) in [5.41, 5.74) is 0. The quantitative estimate of drug-likeness (QED) is 0.498. The molecule has 120 valence electrons. The van der Waals surface area contributed by atoms with Crippen LogP contribution in [0.4, 0.5) is 0 Å². The van der Waals surface area contributed by atoms with Crippen LogP contribution in [0.1, 0.15) is 0 Å². The molecule has 4 N–H and O–H groups in total. The van der Waals surface area contributed by atoms with Crippen LogP contribution in [0.25, 0.3) is 0 Å². The predicted molar refractivity (Wildman–Crippen MR) is 69.1 cm³/mol. The van der Waals surface area contributed by atoms with Crippen LogP contribution >= 0.6 is 15.6 Å². The number of phenols is 1. The lowest BCUT2D eigenvalue weighted by Gasteiger charge is -2.12. The van der Waals surface area contributed by atoms with Crippen molar-refractivity contribution in [2.75, 3.05) is 12.4 Å². The molecule has 0 aliphatic carbocycles. The summed E-state index contributed by atoms with van der Waals surface area (Å²) >= 11 is 0. The molecule has 1 unspecified atom stereocenters. The van der Waals surface area contributed by atoms with Gasteiger partial charge in [0.25, 0.3) is 0 Å². The Hall–Kier alpha value is -0.770. The maximum absolute atomic E-state index is 11.8. The van der Waals surface area contributed by atoms with Gasteiger partial charge in [-0.15, -0.1) is 0 Å². The van der Waals surface area contributed by atoms with E-state index in [0.29, 0.717) is 0 Å². The second kappa shape index (κ2) is 6.55. The van der Waals surface area contributed by atoms with Crippen molar-refractivity contribution in [3.05, 3.63) is 24.3 Å². The average Bonchev–Trinajstić information content (AvgIpc) is 2.24. The molecule has 0 aliphatic heterocycles. The van der Waals surface area contributed by atoms with Crippen LogP contribution in [0.15, 0.2) is 29.2 Å². The first-order valence-electron chi connectivity index (χ1n) is 5.17. The Morgan fingerprint density at radius 1 is 1.14 bits per heavy atom. The topological polar surface area (TPSA) is 168 Å². The van der Waals surface area contributed by atoms with E-state index in [2.05, 4.69) is 8.83 Å². The first-order valence-corrected chi connectivity index (χ1v) is 9.85. The van der Waals surface area contributed by atoms with Crippen molar-refractivity contribution in [1.29, 1.82) is 0 Å². The van der Waals surface area contributed by atoms with Crippen LogP contribution in [0, 0.1) is 0 Å². The van der Waals surface area contributed by atoms with E-state index in [1.54, 1.807) is 0 Å². The van der Waals surface area contributed by atoms with E-state index in [1.165, 1.54) is 18.2 Å². The van der Waals surface area contributed by atoms with Crippen molar-refractivity contribution in [3.63, 3.8) is 0 Å². The fourth-order valence-electron chi connectivity index (χ4n) is 1.22. The molecule has 0 radical (unpaired) electrons. The monoisotopic (exact) mass is 362 g/mol. The van der Waals surface area contributed by atoms with Gasteiger partial charge in [0.1, 0.15) is 5.75 Å². The van der Waals surface area contributed by atoms with Crippen molar-refractivity contribution >= 4 is 25.5 Å². The number of benzene rings is 1. The van der Waals surface area contributed by atoms with Gasteiger partial charge in [-0.2, -0.15) is 4.31 Å². The number of aromatic hydroxyl groups is 1. The van der Waals surface area contributed by atoms with Crippen LogP contribution in [0.2, 0.25) is 0 Å². The van der Waals surface area contributed by atoms with Gasteiger partial charge in [0.2, 0.25) is 0 Å². The molecule has 1 aromatic rings. The second-order valence-electron chi connectivity index (χ2n) is 3.69. The minimum absolute atomic E-state index is 0.241.